The van der Waals surface area contributed by atoms with Gasteiger partial charge in [-0.15, -0.1) is 17.1 Å². The van der Waals surface area contributed by atoms with Crippen LogP contribution in [-0.2, 0) is 0 Å². The number of unbranched alkanes of at least 4 members (excludes halogenated alkanes) is 1. The van der Waals surface area contributed by atoms with Crippen LogP contribution in [0.15, 0.2) is 24.3 Å². The van der Waals surface area contributed by atoms with Crippen molar-refractivity contribution in [2.24, 2.45) is 0 Å². The van der Waals surface area contributed by atoms with Gasteiger partial charge >= 0.3 is 0 Å². The molecule has 22 heavy (non-hydrogen) atoms. The topological polar surface area (TPSA) is 17.1 Å². The van der Waals surface area contributed by atoms with Gasteiger partial charge in [0.25, 0.3) is 0 Å². The van der Waals surface area contributed by atoms with Gasteiger partial charge in [-0.25, -0.2) is 0 Å². The normalized spacial score (nSPS) is 9.45. The van der Waals surface area contributed by atoms with E-state index in [0.29, 0.717) is 17.0 Å². The van der Waals surface area contributed by atoms with E-state index in [1.165, 1.54) is 0 Å². The van der Waals surface area contributed by atoms with Gasteiger partial charge in [0.15, 0.2) is 0 Å². The Hall–Kier alpha value is -1.92. The summed E-state index contributed by atoms with van der Waals surface area (Å²) in [5, 5.41) is 0. The highest BCUT2D eigenvalue weighted by Crippen LogP contribution is 2.08. The molecule has 0 aromatic heterocycles. The number of carbonyl (C=O) groups is 1. The minimum Gasteiger partial charge on any atom is -0.279 e. The fraction of sp³-hybridized carbons (Fsp3) is 0.316. The lowest BCUT2D eigenvalue weighted by molar-refractivity contribution is 0.105. The second kappa shape index (κ2) is 9.17. The summed E-state index contributed by atoms with van der Waals surface area (Å²) in [5.41, 5.74) is 4.30. The van der Waals surface area contributed by atoms with Gasteiger partial charge in [0.1, 0.15) is 8.07 Å². The van der Waals surface area contributed by atoms with Crippen molar-refractivity contribution in [3.8, 4) is 35.1 Å². The van der Waals surface area contributed by atoms with Crippen molar-refractivity contribution in [1.29, 1.82) is 0 Å². The van der Waals surface area contributed by atoms with Gasteiger partial charge in [0.05, 0.1) is 0 Å². The molecule has 0 radical (unpaired) electrons. The van der Waals surface area contributed by atoms with Crippen LogP contribution in [-0.4, -0.2) is 19.7 Å². The molecule has 0 saturated carbocycles. The molecule has 0 heterocycles. The molecule has 1 aromatic carbocycles. The molecule has 0 saturated heterocycles. The molecular formula is C19H19ClOSi. The summed E-state index contributed by atoms with van der Waals surface area (Å²) in [7, 11) is -1.57. The summed E-state index contributed by atoms with van der Waals surface area (Å²) in [6.07, 6.45) is 1.60. The number of benzene rings is 1. The molecule has 0 spiro atoms. The summed E-state index contributed by atoms with van der Waals surface area (Å²) in [4.78, 5) is 12.2. The molecule has 0 aliphatic carbocycles. The molecule has 0 amide bonds. The van der Waals surface area contributed by atoms with Crippen molar-refractivity contribution in [3.05, 3.63) is 35.4 Å². The molecular weight excluding hydrogens is 308 g/mol. The zero-order valence-corrected chi connectivity index (χ0v) is 15.0. The molecule has 0 fully saturated rings. The first-order chi connectivity index (χ1) is 10.4. The number of carbonyl (C=O) groups excluding carboxylic acids is 1. The molecule has 3 heteroatoms. The molecule has 0 unspecified atom stereocenters. The lowest BCUT2D eigenvalue weighted by Crippen LogP contribution is -2.17. The average molecular weight is 327 g/mol. The molecule has 1 rings (SSSR count). The van der Waals surface area contributed by atoms with Crippen LogP contribution in [0.5, 0.6) is 0 Å². The smallest absolute Gasteiger partial charge is 0.236 e. The second-order valence-electron chi connectivity index (χ2n) is 5.72. The lowest BCUT2D eigenvalue weighted by atomic mass is 10.0. The van der Waals surface area contributed by atoms with Gasteiger partial charge in [0, 0.05) is 23.4 Å². The van der Waals surface area contributed by atoms with E-state index < -0.39 is 8.07 Å². The van der Waals surface area contributed by atoms with Crippen LogP contribution in [0.2, 0.25) is 19.6 Å². The molecule has 0 N–H and O–H groups in total. The number of hydrogen-bond donors (Lipinski definition) is 0. The van der Waals surface area contributed by atoms with Crippen LogP contribution < -0.4 is 0 Å². The van der Waals surface area contributed by atoms with E-state index in [4.69, 9.17) is 11.6 Å². The molecule has 0 atom stereocenters. The Morgan fingerprint density at radius 1 is 1.18 bits per heavy atom. The Bertz CT molecular complexity index is 709. The largest absolute Gasteiger partial charge is 0.279 e. The highest BCUT2D eigenvalue weighted by molar-refractivity contribution is 6.84. The standard InChI is InChI=1S/C19H19ClOSi/c1-22(2,3)16-14-19(21)18-13-9-8-12-17(18)11-7-5-4-6-10-15-20/h8-9,12-13H,6,10,15H2,1-3H3. The van der Waals surface area contributed by atoms with Gasteiger partial charge in [-0.05, 0) is 36.3 Å². The first kappa shape index (κ1) is 18.1. The van der Waals surface area contributed by atoms with E-state index in [9.17, 15) is 4.79 Å². The quantitative estimate of drug-likeness (QED) is 0.268. The highest BCUT2D eigenvalue weighted by Gasteiger charge is 2.10. The van der Waals surface area contributed by atoms with Crippen LogP contribution in [0.3, 0.4) is 0 Å². The number of halogens is 1. The maximum atomic E-state index is 12.2. The third-order valence-electron chi connectivity index (χ3n) is 2.51. The van der Waals surface area contributed by atoms with Crippen LogP contribution in [0.1, 0.15) is 28.8 Å². The maximum Gasteiger partial charge on any atom is 0.236 e. The summed E-state index contributed by atoms with van der Waals surface area (Å²) in [5.74, 6) is 14.6. The monoisotopic (exact) mass is 326 g/mol. The Morgan fingerprint density at radius 3 is 2.59 bits per heavy atom. The number of alkyl halides is 1. The highest BCUT2D eigenvalue weighted by atomic mass is 35.5. The van der Waals surface area contributed by atoms with Crippen molar-refractivity contribution in [1.82, 2.24) is 0 Å². The van der Waals surface area contributed by atoms with Gasteiger partial charge in [-0.3, -0.25) is 4.79 Å². The first-order valence-electron chi connectivity index (χ1n) is 7.15. The molecule has 1 nitrogen and oxygen atoms in total. The zero-order chi connectivity index (χ0) is 16.4. The van der Waals surface area contributed by atoms with Gasteiger partial charge in [-0.1, -0.05) is 43.6 Å². The lowest BCUT2D eigenvalue weighted by Gasteiger charge is -2.03. The van der Waals surface area contributed by atoms with E-state index in [1.54, 1.807) is 6.07 Å². The Morgan fingerprint density at radius 2 is 1.91 bits per heavy atom. The number of Topliss-reactive ketones (excluding diaryl/α,β-unsaturated/α-hetero) is 1. The van der Waals surface area contributed by atoms with Crippen molar-refractivity contribution in [2.45, 2.75) is 32.5 Å². The molecule has 0 bridgehead atoms. The Labute approximate surface area is 139 Å². The van der Waals surface area contributed by atoms with Gasteiger partial charge in [0.2, 0.25) is 5.78 Å². The Kier molecular flexibility index (Phi) is 7.55. The summed E-state index contributed by atoms with van der Waals surface area (Å²) >= 11 is 5.58. The van der Waals surface area contributed by atoms with E-state index in [0.717, 1.165) is 12.8 Å². The summed E-state index contributed by atoms with van der Waals surface area (Å²) in [6.45, 7) is 6.32. The fourth-order valence-electron chi connectivity index (χ4n) is 1.46. The maximum absolute atomic E-state index is 12.2. The minimum absolute atomic E-state index is 0.178. The van der Waals surface area contributed by atoms with Crippen molar-refractivity contribution < 1.29 is 4.79 Å². The van der Waals surface area contributed by atoms with Crippen LogP contribution in [0.4, 0.5) is 0 Å². The van der Waals surface area contributed by atoms with Crippen molar-refractivity contribution >= 4 is 25.5 Å². The van der Waals surface area contributed by atoms with Crippen LogP contribution in [0, 0.1) is 35.1 Å². The minimum atomic E-state index is -1.57. The van der Waals surface area contributed by atoms with E-state index in [-0.39, 0.29) is 5.78 Å². The third kappa shape index (κ3) is 7.19. The van der Waals surface area contributed by atoms with Crippen LogP contribution in [0.25, 0.3) is 0 Å². The average Bonchev–Trinajstić information content (AvgIpc) is 2.48. The molecule has 0 aliphatic heterocycles. The second-order valence-corrected chi connectivity index (χ2v) is 10.8. The van der Waals surface area contributed by atoms with Crippen molar-refractivity contribution in [3.63, 3.8) is 0 Å². The number of ketones is 1. The van der Waals surface area contributed by atoms with Gasteiger partial charge < -0.3 is 0 Å². The predicted octanol–water partition coefficient (Wildman–Crippen LogP) is 4.12. The fourth-order valence-corrected chi connectivity index (χ4v) is 2.08. The zero-order valence-electron chi connectivity index (χ0n) is 13.2. The SMILES string of the molecule is C[Si](C)(C)C#CC(=O)c1ccccc1C#CC#CCCCCl. The molecule has 112 valence electrons. The van der Waals surface area contributed by atoms with Crippen LogP contribution >= 0.6 is 11.6 Å². The predicted molar refractivity (Wildman–Crippen MR) is 96.5 cm³/mol. The van der Waals surface area contributed by atoms with E-state index >= 15 is 0 Å². The number of rotatable bonds is 3. The van der Waals surface area contributed by atoms with Gasteiger partial charge in [-0.2, -0.15) is 0 Å². The first-order valence-corrected chi connectivity index (χ1v) is 11.2. The third-order valence-corrected chi connectivity index (χ3v) is 3.65. The van der Waals surface area contributed by atoms with Crippen molar-refractivity contribution in [2.75, 3.05) is 5.88 Å². The summed E-state index contributed by atoms with van der Waals surface area (Å²) in [6, 6.07) is 7.25. The number of hydrogen-bond acceptors (Lipinski definition) is 1. The Balaban J connectivity index is 2.94. The summed E-state index contributed by atoms with van der Waals surface area (Å²) < 4.78 is 0. The van der Waals surface area contributed by atoms with E-state index in [2.05, 4.69) is 54.8 Å². The van der Waals surface area contributed by atoms with E-state index in [1.807, 2.05) is 18.2 Å². The molecule has 0 aliphatic rings. The molecule has 1 aromatic rings.